The molecule has 4 rings (SSSR count). The quantitative estimate of drug-likeness (QED) is 0.722. The predicted molar refractivity (Wildman–Crippen MR) is 100 cm³/mol. The third kappa shape index (κ3) is 3.47. The third-order valence-electron chi connectivity index (χ3n) is 4.42. The Balaban J connectivity index is 1.65. The van der Waals surface area contributed by atoms with Gasteiger partial charge in [0.2, 0.25) is 0 Å². The van der Waals surface area contributed by atoms with Gasteiger partial charge in [-0.3, -0.25) is 23.8 Å². The summed E-state index contributed by atoms with van der Waals surface area (Å²) in [5.41, 5.74) is 0.612. The van der Waals surface area contributed by atoms with E-state index >= 15 is 0 Å². The van der Waals surface area contributed by atoms with Gasteiger partial charge < -0.3 is 15.0 Å². The molecule has 0 radical (unpaired) electrons. The first kappa shape index (κ1) is 17.8. The Morgan fingerprint density at radius 3 is 2.64 bits per heavy atom. The molecule has 0 unspecified atom stereocenters. The minimum Gasteiger partial charge on any atom is -0.378 e. The van der Waals surface area contributed by atoms with Crippen molar-refractivity contribution in [2.75, 3.05) is 31.6 Å². The van der Waals surface area contributed by atoms with Gasteiger partial charge in [-0.1, -0.05) is 0 Å². The van der Waals surface area contributed by atoms with Gasteiger partial charge in [-0.2, -0.15) is 0 Å². The van der Waals surface area contributed by atoms with E-state index < -0.39 is 11.5 Å². The summed E-state index contributed by atoms with van der Waals surface area (Å²) in [5.74, 6) is -0.644. The molecule has 1 aliphatic rings. The molecular formula is C19H17N5O4. The Hall–Kier alpha value is -3.59. The van der Waals surface area contributed by atoms with Crippen LogP contribution in [-0.2, 0) is 4.74 Å². The lowest BCUT2D eigenvalue weighted by Gasteiger charge is -2.26. The smallest absolute Gasteiger partial charge is 0.281 e. The molecule has 1 fully saturated rings. The fraction of sp³-hybridized carbons (Fsp3) is 0.211. The molecule has 1 aliphatic heterocycles. The summed E-state index contributed by atoms with van der Waals surface area (Å²) >= 11 is 0. The van der Waals surface area contributed by atoms with Crippen molar-refractivity contribution < 1.29 is 14.3 Å². The van der Waals surface area contributed by atoms with E-state index in [4.69, 9.17) is 4.74 Å². The average Bonchev–Trinajstić information content (AvgIpc) is 2.76. The standard InChI is InChI=1S/C19H17N5O4/c25-17(13-2-1-5-20-10-13)22-15-11-21-16-4-3-14(12-24(16)19(15)27)18(26)23-6-8-28-9-7-23/h1-5,10-12H,6-9H2,(H,22,25). The lowest BCUT2D eigenvalue weighted by Crippen LogP contribution is -2.40. The summed E-state index contributed by atoms with van der Waals surface area (Å²) in [7, 11) is 0. The lowest BCUT2D eigenvalue weighted by atomic mass is 10.2. The van der Waals surface area contributed by atoms with E-state index in [1.165, 1.54) is 23.0 Å². The minimum absolute atomic E-state index is 0.0160. The van der Waals surface area contributed by atoms with Crippen molar-refractivity contribution in [1.29, 1.82) is 0 Å². The Bertz CT molecular complexity index is 1090. The van der Waals surface area contributed by atoms with E-state index in [1.54, 1.807) is 35.4 Å². The monoisotopic (exact) mass is 379 g/mol. The van der Waals surface area contributed by atoms with Crippen LogP contribution in [0.25, 0.3) is 5.65 Å². The molecular weight excluding hydrogens is 362 g/mol. The van der Waals surface area contributed by atoms with Crippen LogP contribution in [0.5, 0.6) is 0 Å². The largest absolute Gasteiger partial charge is 0.378 e. The van der Waals surface area contributed by atoms with Gasteiger partial charge in [0.05, 0.1) is 30.5 Å². The van der Waals surface area contributed by atoms with Gasteiger partial charge in [-0.05, 0) is 24.3 Å². The highest BCUT2D eigenvalue weighted by Gasteiger charge is 2.19. The van der Waals surface area contributed by atoms with Crippen LogP contribution in [0.3, 0.4) is 0 Å². The maximum absolute atomic E-state index is 12.8. The summed E-state index contributed by atoms with van der Waals surface area (Å²) in [5, 5.41) is 2.54. The van der Waals surface area contributed by atoms with Crippen molar-refractivity contribution in [2.45, 2.75) is 0 Å². The number of nitrogens with one attached hydrogen (secondary N) is 1. The van der Waals surface area contributed by atoms with Gasteiger partial charge in [0.25, 0.3) is 17.4 Å². The predicted octanol–water partition coefficient (Wildman–Crippen LogP) is 0.814. The molecule has 3 aromatic heterocycles. The molecule has 142 valence electrons. The maximum Gasteiger partial charge on any atom is 0.281 e. The van der Waals surface area contributed by atoms with Crippen molar-refractivity contribution in [2.24, 2.45) is 0 Å². The normalized spacial score (nSPS) is 14.1. The van der Waals surface area contributed by atoms with E-state index in [0.717, 1.165) is 0 Å². The number of hydrogen-bond acceptors (Lipinski definition) is 6. The number of fused-ring (bicyclic) bond motifs is 1. The van der Waals surface area contributed by atoms with E-state index in [1.807, 2.05) is 0 Å². The molecule has 0 spiro atoms. The number of nitrogens with zero attached hydrogens (tertiary/aromatic N) is 4. The number of amides is 2. The second kappa shape index (κ2) is 7.57. The van der Waals surface area contributed by atoms with Crippen molar-refractivity contribution in [3.8, 4) is 0 Å². The summed E-state index contributed by atoms with van der Waals surface area (Å²) in [6.07, 6.45) is 5.70. The number of carbonyl (C=O) groups is 2. The highest BCUT2D eigenvalue weighted by atomic mass is 16.5. The number of carbonyl (C=O) groups excluding carboxylic acids is 2. The zero-order valence-corrected chi connectivity index (χ0v) is 14.9. The van der Waals surface area contributed by atoms with Gasteiger partial charge in [0.1, 0.15) is 11.3 Å². The van der Waals surface area contributed by atoms with Gasteiger partial charge in [-0.15, -0.1) is 0 Å². The molecule has 4 heterocycles. The van der Waals surface area contributed by atoms with Gasteiger partial charge in [0, 0.05) is 31.7 Å². The number of ether oxygens (including phenoxy) is 1. The molecule has 3 aromatic rings. The first-order chi connectivity index (χ1) is 13.6. The Morgan fingerprint density at radius 2 is 1.89 bits per heavy atom. The van der Waals surface area contributed by atoms with Gasteiger partial charge in [-0.25, -0.2) is 4.98 Å². The Morgan fingerprint density at radius 1 is 1.07 bits per heavy atom. The van der Waals surface area contributed by atoms with Crippen molar-refractivity contribution in [3.63, 3.8) is 0 Å². The zero-order chi connectivity index (χ0) is 19.5. The number of hydrogen-bond donors (Lipinski definition) is 1. The topological polar surface area (TPSA) is 106 Å². The highest BCUT2D eigenvalue weighted by Crippen LogP contribution is 2.10. The number of morpholine rings is 1. The van der Waals surface area contributed by atoms with Crippen LogP contribution < -0.4 is 10.9 Å². The molecule has 1 N–H and O–H groups in total. The number of aromatic nitrogens is 3. The number of anilines is 1. The van der Waals surface area contributed by atoms with Crippen LogP contribution in [0.2, 0.25) is 0 Å². The Kier molecular flexibility index (Phi) is 4.81. The highest BCUT2D eigenvalue weighted by molar-refractivity contribution is 6.03. The SMILES string of the molecule is O=C(Nc1cnc2ccc(C(=O)N3CCOCC3)cn2c1=O)c1cccnc1. The first-order valence-electron chi connectivity index (χ1n) is 8.73. The molecule has 9 nitrogen and oxygen atoms in total. The molecule has 1 saturated heterocycles. The van der Waals surface area contributed by atoms with E-state index in [0.29, 0.717) is 43.1 Å². The minimum atomic E-state index is -0.473. The van der Waals surface area contributed by atoms with E-state index in [9.17, 15) is 14.4 Å². The summed E-state index contributed by atoms with van der Waals surface area (Å²) in [6.45, 7) is 1.99. The van der Waals surface area contributed by atoms with Crippen LogP contribution in [0, 0.1) is 0 Å². The van der Waals surface area contributed by atoms with Crippen molar-refractivity contribution in [1.82, 2.24) is 19.3 Å². The molecule has 0 aliphatic carbocycles. The van der Waals surface area contributed by atoms with Crippen molar-refractivity contribution in [3.05, 3.63) is 70.5 Å². The third-order valence-corrected chi connectivity index (χ3v) is 4.42. The summed E-state index contributed by atoms with van der Waals surface area (Å²) in [4.78, 5) is 47.5. The fourth-order valence-corrected chi connectivity index (χ4v) is 2.93. The summed E-state index contributed by atoms with van der Waals surface area (Å²) in [6, 6.07) is 6.45. The van der Waals surface area contributed by atoms with Gasteiger partial charge in [0.15, 0.2) is 0 Å². The first-order valence-corrected chi connectivity index (χ1v) is 8.73. The average molecular weight is 379 g/mol. The molecule has 0 atom stereocenters. The second-order valence-electron chi connectivity index (χ2n) is 6.22. The summed E-state index contributed by atoms with van der Waals surface area (Å²) < 4.78 is 6.52. The van der Waals surface area contributed by atoms with Crippen LogP contribution in [-0.4, -0.2) is 57.4 Å². The molecule has 2 amide bonds. The van der Waals surface area contributed by atoms with Crippen LogP contribution in [0.1, 0.15) is 20.7 Å². The molecule has 9 heteroatoms. The second-order valence-corrected chi connectivity index (χ2v) is 6.22. The number of pyridine rings is 2. The fourth-order valence-electron chi connectivity index (χ4n) is 2.93. The van der Waals surface area contributed by atoms with Crippen molar-refractivity contribution >= 4 is 23.1 Å². The zero-order valence-electron chi connectivity index (χ0n) is 14.9. The molecule has 0 saturated carbocycles. The molecule has 0 bridgehead atoms. The van der Waals surface area contributed by atoms with E-state index in [2.05, 4.69) is 15.3 Å². The maximum atomic E-state index is 12.8. The van der Waals surface area contributed by atoms with E-state index in [-0.39, 0.29) is 11.6 Å². The van der Waals surface area contributed by atoms with Crippen LogP contribution in [0.4, 0.5) is 5.69 Å². The van der Waals surface area contributed by atoms with Crippen LogP contribution in [0.15, 0.2) is 53.8 Å². The molecule has 28 heavy (non-hydrogen) atoms. The van der Waals surface area contributed by atoms with Crippen LogP contribution >= 0.6 is 0 Å². The molecule has 0 aromatic carbocycles. The lowest BCUT2D eigenvalue weighted by molar-refractivity contribution is 0.0302. The van der Waals surface area contributed by atoms with Gasteiger partial charge >= 0.3 is 0 Å². The Labute approximate surface area is 159 Å². The number of rotatable bonds is 3.